The second kappa shape index (κ2) is 3.79. The van der Waals surface area contributed by atoms with E-state index in [4.69, 9.17) is 4.42 Å². The SMILES string of the molecule is O=c1oc2ccccc2n1C[C@H]1CCCN1. The van der Waals surface area contributed by atoms with Crippen LogP contribution in [0.1, 0.15) is 12.8 Å². The van der Waals surface area contributed by atoms with Gasteiger partial charge in [-0.25, -0.2) is 4.79 Å². The fourth-order valence-electron chi connectivity index (χ4n) is 2.32. The summed E-state index contributed by atoms with van der Waals surface area (Å²) in [4.78, 5) is 11.7. The fourth-order valence-corrected chi connectivity index (χ4v) is 2.32. The normalized spacial score (nSPS) is 20.6. The average Bonchev–Trinajstić information content (AvgIpc) is 2.89. The molecule has 0 saturated carbocycles. The summed E-state index contributed by atoms with van der Waals surface area (Å²) in [5.74, 6) is -0.255. The van der Waals surface area contributed by atoms with Gasteiger partial charge in [0.05, 0.1) is 5.52 Å². The summed E-state index contributed by atoms with van der Waals surface area (Å²) in [7, 11) is 0. The molecule has 1 fully saturated rings. The molecule has 0 spiro atoms. The Morgan fingerprint density at radius 2 is 2.31 bits per heavy atom. The molecule has 0 bridgehead atoms. The third-order valence-electron chi connectivity index (χ3n) is 3.14. The molecule has 4 heteroatoms. The Bertz CT molecular complexity index is 549. The predicted molar refractivity (Wildman–Crippen MR) is 61.5 cm³/mol. The zero-order valence-corrected chi connectivity index (χ0v) is 8.98. The first-order valence-electron chi connectivity index (χ1n) is 5.66. The molecule has 2 heterocycles. The Labute approximate surface area is 92.9 Å². The molecule has 1 aromatic carbocycles. The smallest absolute Gasteiger partial charge is 0.408 e. The fraction of sp³-hybridized carbons (Fsp3) is 0.417. The van der Waals surface area contributed by atoms with E-state index in [2.05, 4.69) is 5.32 Å². The van der Waals surface area contributed by atoms with Gasteiger partial charge >= 0.3 is 5.76 Å². The van der Waals surface area contributed by atoms with Crippen molar-refractivity contribution in [3.05, 3.63) is 34.8 Å². The van der Waals surface area contributed by atoms with E-state index in [1.165, 1.54) is 6.42 Å². The van der Waals surface area contributed by atoms with E-state index in [-0.39, 0.29) is 5.76 Å². The van der Waals surface area contributed by atoms with E-state index in [9.17, 15) is 4.79 Å². The van der Waals surface area contributed by atoms with Crippen molar-refractivity contribution in [3.8, 4) is 0 Å². The summed E-state index contributed by atoms with van der Waals surface area (Å²) in [6, 6.07) is 7.96. The maximum Gasteiger partial charge on any atom is 0.420 e. The number of oxazole rings is 1. The van der Waals surface area contributed by atoms with Gasteiger partial charge in [0.2, 0.25) is 0 Å². The lowest BCUT2D eigenvalue weighted by atomic mass is 10.2. The number of nitrogens with one attached hydrogen (secondary N) is 1. The molecule has 1 aromatic heterocycles. The number of hydrogen-bond donors (Lipinski definition) is 1. The maximum atomic E-state index is 11.7. The number of rotatable bonds is 2. The van der Waals surface area contributed by atoms with Crippen LogP contribution in [0, 0.1) is 0 Å². The Morgan fingerprint density at radius 3 is 3.12 bits per heavy atom. The molecule has 0 unspecified atom stereocenters. The van der Waals surface area contributed by atoms with Gasteiger partial charge < -0.3 is 9.73 Å². The van der Waals surface area contributed by atoms with Gasteiger partial charge in [0.1, 0.15) is 0 Å². The highest BCUT2D eigenvalue weighted by molar-refractivity contribution is 5.72. The van der Waals surface area contributed by atoms with Crippen LogP contribution in [0.2, 0.25) is 0 Å². The van der Waals surface area contributed by atoms with Crippen LogP contribution in [-0.4, -0.2) is 17.2 Å². The van der Waals surface area contributed by atoms with Crippen molar-refractivity contribution >= 4 is 11.1 Å². The van der Waals surface area contributed by atoms with Crippen molar-refractivity contribution < 1.29 is 4.42 Å². The quantitative estimate of drug-likeness (QED) is 0.827. The second-order valence-corrected chi connectivity index (χ2v) is 4.24. The van der Waals surface area contributed by atoms with Gasteiger partial charge in [-0.15, -0.1) is 0 Å². The zero-order valence-electron chi connectivity index (χ0n) is 8.98. The molecule has 2 aromatic rings. The number of aromatic nitrogens is 1. The van der Waals surface area contributed by atoms with Gasteiger partial charge in [-0.1, -0.05) is 12.1 Å². The molecule has 3 rings (SSSR count). The first-order valence-corrected chi connectivity index (χ1v) is 5.66. The van der Waals surface area contributed by atoms with Crippen LogP contribution in [0.4, 0.5) is 0 Å². The highest BCUT2D eigenvalue weighted by Crippen LogP contribution is 2.14. The molecular weight excluding hydrogens is 204 g/mol. The second-order valence-electron chi connectivity index (χ2n) is 4.24. The van der Waals surface area contributed by atoms with Gasteiger partial charge in [-0.3, -0.25) is 4.57 Å². The molecule has 1 aliphatic rings. The summed E-state index contributed by atoms with van der Waals surface area (Å²) in [6.45, 7) is 1.76. The molecule has 0 radical (unpaired) electrons. The molecule has 0 aliphatic carbocycles. The van der Waals surface area contributed by atoms with E-state index in [1.807, 2.05) is 24.3 Å². The standard InChI is InChI=1S/C12H14N2O2/c15-12-14(8-9-4-3-7-13-9)10-5-1-2-6-11(10)16-12/h1-2,5-6,9,13H,3-4,7-8H2/t9-/m1/s1. The number of nitrogens with zero attached hydrogens (tertiary/aromatic N) is 1. The zero-order chi connectivity index (χ0) is 11.0. The summed E-state index contributed by atoms with van der Waals surface area (Å²) in [6.07, 6.45) is 2.32. The first-order chi connectivity index (χ1) is 7.84. The Hall–Kier alpha value is -1.55. The first kappa shape index (κ1) is 9.66. The van der Waals surface area contributed by atoms with E-state index >= 15 is 0 Å². The van der Waals surface area contributed by atoms with Crippen molar-refractivity contribution in [1.29, 1.82) is 0 Å². The van der Waals surface area contributed by atoms with Gasteiger partial charge in [-0.2, -0.15) is 0 Å². The molecule has 4 nitrogen and oxygen atoms in total. The average molecular weight is 218 g/mol. The van der Waals surface area contributed by atoms with Crippen LogP contribution in [0.3, 0.4) is 0 Å². The summed E-state index contributed by atoms with van der Waals surface area (Å²) in [5.41, 5.74) is 1.56. The van der Waals surface area contributed by atoms with E-state index < -0.39 is 0 Å². The molecule has 1 N–H and O–H groups in total. The predicted octanol–water partition coefficient (Wildman–Crippen LogP) is 1.35. The van der Waals surface area contributed by atoms with Crippen molar-refractivity contribution in [1.82, 2.24) is 9.88 Å². The van der Waals surface area contributed by atoms with Crippen LogP contribution in [0.25, 0.3) is 11.1 Å². The monoisotopic (exact) mass is 218 g/mol. The molecule has 1 aliphatic heterocycles. The van der Waals surface area contributed by atoms with Crippen LogP contribution in [0.15, 0.2) is 33.5 Å². The minimum Gasteiger partial charge on any atom is -0.408 e. The van der Waals surface area contributed by atoms with Crippen LogP contribution >= 0.6 is 0 Å². The Balaban J connectivity index is 2.01. The van der Waals surface area contributed by atoms with Crippen LogP contribution in [-0.2, 0) is 6.54 Å². The number of fused-ring (bicyclic) bond motifs is 1. The third kappa shape index (κ3) is 1.55. The minimum absolute atomic E-state index is 0.255. The van der Waals surface area contributed by atoms with Crippen molar-refractivity contribution in [2.45, 2.75) is 25.4 Å². The summed E-state index contributed by atoms with van der Waals surface area (Å²) in [5, 5.41) is 3.39. The van der Waals surface area contributed by atoms with E-state index in [0.717, 1.165) is 18.5 Å². The summed E-state index contributed by atoms with van der Waals surface area (Å²) < 4.78 is 6.91. The van der Waals surface area contributed by atoms with Crippen LogP contribution < -0.4 is 11.1 Å². The molecule has 0 amide bonds. The van der Waals surface area contributed by atoms with Crippen LogP contribution in [0.5, 0.6) is 0 Å². The highest BCUT2D eigenvalue weighted by atomic mass is 16.4. The lowest BCUT2D eigenvalue weighted by Gasteiger charge is -2.09. The lowest BCUT2D eigenvalue weighted by molar-refractivity contribution is 0.456. The van der Waals surface area contributed by atoms with Gasteiger partial charge in [-0.05, 0) is 31.5 Å². The topological polar surface area (TPSA) is 47.2 Å². The molecular formula is C12H14N2O2. The van der Waals surface area contributed by atoms with Gasteiger partial charge in [0.15, 0.2) is 5.58 Å². The van der Waals surface area contributed by atoms with Crippen molar-refractivity contribution in [2.24, 2.45) is 0 Å². The molecule has 84 valence electrons. The van der Waals surface area contributed by atoms with Crippen molar-refractivity contribution in [3.63, 3.8) is 0 Å². The number of para-hydroxylation sites is 2. The molecule has 1 atom stereocenters. The highest BCUT2D eigenvalue weighted by Gasteiger charge is 2.17. The van der Waals surface area contributed by atoms with Gasteiger partial charge in [0, 0.05) is 12.6 Å². The summed E-state index contributed by atoms with van der Waals surface area (Å²) >= 11 is 0. The maximum absolute atomic E-state index is 11.7. The number of hydrogen-bond acceptors (Lipinski definition) is 3. The van der Waals surface area contributed by atoms with Gasteiger partial charge in [0.25, 0.3) is 0 Å². The van der Waals surface area contributed by atoms with Crippen molar-refractivity contribution in [2.75, 3.05) is 6.54 Å². The Kier molecular flexibility index (Phi) is 2.29. The molecule has 1 saturated heterocycles. The van der Waals surface area contributed by atoms with E-state index in [1.54, 1.807) is 4.57 Å². The molecule has 16 heavy (non-hydrogen) atoms. The lowest BCUT2D eigenvalue weighted by Crippen LogP contribution is -2.30. The number of benzene rings is 1. The third-order valence-corrected chi connectivity index (χ3v) is 3.14. The largest absolute Gasteiger partial charge is 0.420 e. The Morgan fingerprint density at radius 1 is 1.44 bits per heavy atom. The minimum atomic E-state index is -0.255. The van der Waals surface area contributed by atoms with E-state index in [0.29, 0.717) is 18.2 Å².